The molecule has 0 bridgehead atoms. The van der Waals surface area contributed by atoms with Gasteiger partial charge in [-0.05, 0) is 86.8 Å². The standard InChI is InChI=1S/C33H54N2O6Si/c1-22-30(42(3,4)26-14-12-25(39-2)13-15-26)29(16-18-36)41-33(22)27-10-5-6-11-28(27)35(31(33)37)21-23-8-7-9-24(20-23)34-17-19-40-32(34)38/h22-26,29-30,36H,5-21H2,1-4H3/t22-,23?,24?,25?,26?,29+,30-,33+/m0/s1. The van der Waals surface area contributed by atoms with Crippen molar-refractivity contribution < 1.29 is 28.9 Å². The molecule has 4 fully saturated rings. The van der Waals surface area contributed by atoms with Crippen LogP contribution in [0.15, 0.2) is 11.3 Å². The number of methoxy groups -OCH3 is 1. The van der Waals surface area contributed by atoms with E-state index in [1.54, 1.807) is 0 Å². The SMILES string of the molecule is COC1CCC([Si](C)(C)[C@@H]2[C@@H](CCO)O[C@]3(C(=O)N(CC4CCCC(N5CCOC5=O)C4)C4=C3CCCC4)[C@H]2C)CC1. The summed E-state index contributed by atoms with van der Waals surface area (Å²) in [6.07, 6.45) is 13.6. The minimum atomic E-state index is -1.88. The van der Waals surface area contributed by atoms with E-state index in [1.807, 2.05) is 12.0 Å². The van der Waals surface area contributed by atoms with Crippen LogP contribution in [-0.4, -0.2) is 92.2 Å². The number of ether oxygens (including phenoxy) is 3. The summed E-state index contributed by atoms with van der Waals surface area (Å²) in [5, 5.41) is 10.2. The van der Waals surface area contributed by atoms with Gasteiger partial charge in [0.25, 0.3) is 5.91 Å². The smallest absolute Gasteiger partial charge is 0.410 e. The Labute approximate surface area is 253 Å². The number of carbonyl (C=O) groups is 2. The third-order valence-electron chi connectivity index (χ3n) is 12.5. The van der Waals surface area contributed by atoms with Crippen LogP contribution in [0.1, 0.15) is 90.4 Å². The van der Waals surface area contributed by atoms with Crippen molar-refractivity contribution in [1.29, 1.82) is 0 Å². The molecule has 6 aliphatic rings. The van der Waals surface area contributed by atoms with Crippen molar-refractivity contribution in [2.24, 2.45) is 11.8 Å². The number of hydrogen-bond acceptors (Lipinski definition) is 6. The molecule has 3 aliphatic carbocycles. The zero-order chi connectivity index (χ0) is 29.6. The second-order valence-corrected chi connectivity index (χ2v) is 19.9. The first kappa shape index (κ1) is 30.6. The maximum Gasteiger partial charge on any atom is 0.410 e. The van der Waals surface area contributed by atoms with E-state index in [9.17, 15) is 14.7 Å². The number of hydrogen-bond donors (Lipinski definition) is 1. The lowest BCUT2D eigenvalue weighted by molar-refractivity contribution is -0.150. The Morgan fingerprint density at radius 1 is 1.05 bits per heavy atom. The van der Waals surface area contributed by atoms with Crippen LogP contribution in [0.4, 0.5) is 4.79 Å². The monoisotopic (exact) mass is 602 g/mol. The third-order valence-corrected chi connectivity index (χ3v) is 17.7. The lowest BCUT2D eigenvalue weighted by Gasteiger charge is -2.44. The lowest BCUT2D eigenvalue weighted by atomic mass is 9.78. The van der Waals surface area contributed by atoms with E-state index in [-0.39, 0.29) is 36.7 Å². The summed E-state index contributed by atoms with van der Waals surface area (Å²) in [6.45, 7) is 9.39. The van der Waals surface area contributed by atoms with Crippen LogP contribution in [0, 0.1) is 11.8 Å². The van der Waals surface area contributed by atoms with E-state index >= 15 is 0 Å². The molecule has 0 radical (unpaired) electrons. The van der Waals surface area contributed by atoms with Gasteiger partial charge in [0.05, 0.1) is 26.8 Å². The van der Waals surface area contributed by atoms with Gasteiger partial charge in [-0.3, -0.25) is 4.79 Å². The first-order chi connectivity index (χ1) is 20.2. The molecule has 3 aliphatic heterocycles. The van der Waals surface area contributed by atoms with Gasteiger partial charge in [0.1, 0.15) is 6.61 Å². The van der Waals surface area contributed by atoms with Crippen LogP contribution in [0.3, 0.4) is 0 Å². The fraction of sp³-hybridized carbons (Fsp3) is 0.879. The summed E-state index contributed by atoms with van der Waals surface area (Å²) in [5.74, 6) is 0.646. The summed E-state index contributed by atoms with van der Waals surface area (Å²) >= 11 is 0. The number of rotatable bonds is 8. The number of cyclic esters (lactones) is 1. The average Bonchev–Trinajstić information content (AvgIpc) is 3.63. The van der Waals surface area contributed by atoms with E-state index in [4.69, 9.17) is 14.2 Å². The highest BCUT2D eigenvalue weighted by Crippen LogP contribution is 2.61. The summed E-state index contributed by atoms with van der Waals surface area (Å²) in [6, 6.07) is 0.213. The molecule has 1 N–H and O–H groups in total. The average molecular weight is 603 g/mol. The Kier molecular flexibility index (Phi) is 8.86. The van der Waals surface area contributed by atoms with Gasteiger partial charge < -0.3 is 29.1 Å². The Balaban J connectivity index is 1.26. The van der Waals surface area contributed by atoms with Crippen LogP contribution in [0.5, 0.6) is 0 Å². The van der Waals surface area contributed by atoms with E-state index in [0.29, 0.717) is 42.7 Å². The molecule has 0 aromatic heterocycles. The highest BCUT2D eigenvalue weighted by molar-refractivity contribution is 6.80. The van der Waals surface area contributed by atoms with Crippen molar-refractivity contribution in [1.82, 2.24) is 9.80 Å². The largest absolute Gasteiger partial charge is 0.448 e. The zero-order valence-corrected chi connectivity index (χ0v) is 27.4. The van der Waals surface area contributed by atoms with E-state index in [1.165, 1.54) is 24.1 Å². The van der Waals surface area contributed by atoms with Crippen LogP contribution in [0.25, 0.3) is 0 Å². The van der Waals surface area contributed by atoms with Crippen molar-refractivity contribution in [2.75, 3.05) is 33.4 Å². The number of aliphatic hydroxyl groups excluding tert-OH is 1. The summed E-state index contributed by atoms with van der Waals surface area (Å²) < 4.78 is 18.1. The third kappa shape index (κ3) is 5.08. The van der Waals surface area contributed by atoms with Gasteiger partial charge in [0.2, 0.25) is 0 Å². The molecule has 2 saturated carbocycles. The fourth-order valence-corrected chi connectivity index (χ4v) is 15.4. The molecular formula is C33H54N2O6Si. The number of allylic oxidation sites excluding steroid dienone is 1. The van der Waals surface area contributed by atoms with Crippen molar-refractivity contribution in [3.8, 4) is 0 Å². The normalized spacial score (nSPS) is 39.4. The number of nitrogens with zero attached hydrogens (tertiary/aromatic N) is 2. The van der Waals surface area contributed by atoms with Gasteiger partial charge in [-0.15, -0.1) is 0 Å². The molecule has 2 unspecified atom stereocenters. The zero-order valence-electron chi connectivity index (χ0n) is 26.4. The molecule has 0 aromatic rings. The second kappa shape index (κ2) is 12.2. The van der Waals surface area contributed by atoms with E-state index < -0.39 is 13.7 Å². The van der Waals surface area contributed by atoms with E-state index in [0.717, 1.165) is 70.8 Å². The van der Waals surface area contributed by atoms with Gasteiger partial charge in [0.15, 0.2) is 5.60 Å². The Hall–Kier alpha value is -1.42. The number of amides is 2. The van der Waals surface area contributed by atoms with Crippen molar-refractivity contribution >= 4 is 20.1 Å². The molecular weight excluding hydrogens is 548 g/mol. The predicted octanol–water partition coefficient (Wildman–Crippen LogP) is 5.86. The lowest BCUT2D eigenvalue weighted by Crippen LogP contribution is -2.51. The number of carbonyl (C=O) groups excluding carboxylic acids is 2. The molecule has 236 valence electrons. The van der Waals surface area contributed by atoms with Crippen molar-refractivity contribution in [3.63, 3.8) is 0 Å². The fourth-order valence-electron chi connectivity index (χ4n) is 10.3. The molecule has 8 nitrogen and oxygen atoms in total. The van der Waals surface area contributed by atoms with Gasteiger partial charge in [-0.2, -0.15) is 0 Å². The van der Waals surface area contributed by atoms with Crippen LogP contribution in [0.2, 0.25) is 24.2 Å². The molecule has 0 aromatic carbocycles. The Morgan fingerprint density at radius 3 is 2.50 bits per heavy atom. The van der Waals surface area contributed by atoms with Gasteiger partial charge in [0, 0.05) is 37.9 Å². The summed E-state index contributed by atoms with van der Waals surface area (Å²) in [4.78, 5) is 31.2. The molecule has 6 rings (SSSR count). The quantitative estimate of drug-likeness (QED) is 0.350. The Bertz CT molecular complexity index is 1060. The molecule has 42 heavy (non-hydrogen) atoms. The minimum Gasteiger partial charge on any atom is -0.448 e. The first-order valence-corrected chi connectivity index (χ1v) is 20.2. The molecule has 9 heteroatoms. The molecule has 3 heterocycles. The van der Waals surface area contributed by atoms with Crippen LogP contribution < -0.4 is 0 Å². The summed E-state index contributed by atoms with van der Waals surface area (Å²) in [5.41, 5.74) is 2.64. The highest BCUT2D eigenvalue weighted by atomic mass is 28.3. The summed E-state index contributed by atoms with van der Waals surface area (Å²) in [7, 11) is -0.0489. The van der Waals surface area contributed by atoms with Crippen molar-refractivity contribution in [2.45, 2.75) is 138 Å². The van der Waals surface area contributed by atoms with Gasteiger partial charge >= 0.3 is 6.09 Å². The first-order valence-electron chi connectivity index (χ1n) is 17.0. The maximum absolute atomic E-state index is 14.9. The Morgan fingerprint density at radius 2 is 1.81 bits per heavy atom. The maximum atomic E-state index is 14.9. The minimum absolute atomic E-state index is 0.0772. The van der Waals surface area contributed by atoms with Crippen molar-refractivity contribution in [3.05, 3.63) is 11.3 Å². The molecule has 2 amide bonds. The molecule has 2 saturated heterocycles. The van der Waals surface area contributed by atoms with Crippen LogP contribution in [-0.2, 0) is 19.0 Å². The predicted molar refractivity (Wildman–Crippen MR) is 164 cm³/mol. The van der Waals surface area contributed by atoms with Gasteiger partial charge in [-0.25, -0.2) is 4.79 Å². The molecule has 1 spiro atoms. The highest BCUT2D eigenvalue weighted by Gasteiger charge is 2.67. The van der Waals surface area contributed by atoms with E-state index in [2.05, 4.69) is 24.9 Å². The number of aliphatic hydroxyl groups is 1. The van der Waals surface area contributed by atoms with Crippen LogP contribution >= 0.6 is 0 Å². The van der Waals surface area contributed by atoms with Gasteiger partial charge in [-0.1, -0.05) is 39.3 Å². The topological polar surface area (TPSA) is 88.5 Å². The number of fused-ring (bicyclic) bond motifs is 1. The molecule has 6 atom stereocenters. The second-order valence-electron chi connectivity index (χ2n) is 14.8.